The van der Waals surface area contributed by atoms with Gasteiger partial charge in [-0.25, -0.2) is 13.8 Å². The molecule has 3 fully saturated rings. The van der Waals surface area contributed by atoms with Crippen LogP contribution in [0.1, 0.15) is 24.8 Å². The molecule has 1 aliphatic carbocycles. The summed E-state index contributed by atoms with van der Waals surface area (Å²) in [5.74, 6) is -1.24. The summed E-state index contributed by atoms with van der Waals surface area (Å²) in [6.07, 6.45) is -1.82. The number of rotatable bonds is 13. The van der Waals surface area contributed by atoms with Crippen LogP contribution in [0.25, 0.3) is 0 Å². The van der Waals surface area contributed by atoms with E-state index in [1.54, 1.807) is 60.7 Å². The Hall–Kier alpha value is -3.07. The van der Waals surface area contributed by atoms with E-state index in [-0.39, 0.29) is 39.0 Å². The Kier molecular flexibility index (Phi) is 10.3. The zero-order chi connectivity index (χ0) is 32.0. The van der Waals surface area contributed by atoms with Crippen LogP contribution in [0.4, 0.5) is 0 Å². The summed E-state index contributed by atoms with van der Waals surface area (Å²) in [5.41, 5.74) is 0.698. The standard InChI is InChI=1S/C32H36N2O10P2/c33-18-10-17-32(26-11-4-1-5-12-26)40-30-25(23-29(31(30)41-32)44-45(35,36)34-19-21-38-22-20-34)24-39-46(37,42-27-13-6-2-7-14-27)43-28-15-8-3-9-16-28/h1-9,11-16,25,29-31H,10,17,19-24H2,(H,35,36)/t25-,29+,30-,31+,32-/m1/s1. The van der Waals surface area contributed by atoms with Gasteiger partial charge in [0.2, 0.25) is 0 Å². The molecule has 0 spiro atoms. The summed E-state index contributed by atoms with van der Waals surface area (Å²) >= 11 is 0. The van der Waals surface area contributed by atoms with Crippen LogP contribution in [-0.4, -0.2) is 60.8 Å². The van der Waals surface area contributed by atoms with Crippen molar-refractivity contribution in [2.24, 2.45) is 5.92 Å². The van der Waals surface area contributed by atoms with Gasteiger partial charge in [0.15, 0.2) is 5.79 Å². The second-order valence-corrected chi connectivity index (χ2v) is 14.5. The van der Waals surface area contributed by atoms with Crippen LogP contribution < -0.4 is 9.05 Å². The maximum Gasteiger partial charge on any atom is 0.587 e. The zero-order valence-electron chi connectivity index (χ0n) is 25.0. The monoisotopic (exact) mass is 670 g/mol. The van der Waals surface area contributed by atoms with Crippen molar-refractivity contribution in [2.75, 3.05) is 32.9 Å². The lowest BCUT2D eigenvalue weighted by atomic mass is 10.0. The second kappa shape index (κ2) is 14.4. The highest BCUT2D eigenvalue weighted by Crippen LogP contribution is 2.57. The predicted molar refractivity (Wildman–Crippen MR) is 166 cm³/mol. The lowest BCUT2D eigenvalue weighted by Gasteiger charge is -2.33. The minimum atomic E-state index is -4.25. The average molecular weight is 671 g/mol. The van der Waals surface area contributed by atoms with Crippen LogP contribution in [0.15, 0.2) is 91.0 Å². The Morgan fingerprint density at radius 2 is 1.43 bits per heavy atom. The van der Waals surface area contributed by atoms with E-state index in [1.165, 1.54) is 4.67 Å². The number of fused-ring (bicyclic) bond motifs is 1. The molecule has 0 radical (unpaired) electrons. The molecular formula is C32H36N2O10P2. The van der Waals surface area contributed by atoms with Crippen molar-refractivity contribution in [3.8, 4) is 17.6 Å². The maximum absolute atomic E-state index is 14.1. The normalized spacial score (nSPS) is 27.7. The SMILES string of the molecule is N#CCC[C@@]1(c2ccccc2)O[C@@H]2[C@@H](COP(=O)(Oc3ccccc3)Oc3ccccc3)C[C@H](OP(=O)(O)N3CCOCC3)[C@@H]2O1. The molecule has 3 aliphatic rings. The highest BCUT2D eigenvalue weighted by atomic mass is 31.2. The number of nitriles is 1. The predicted octanol–water partition coefficient (Wildman–Crippen LogP) is 6.05. The second-order valence-electron chi connectivity index (χ2n) is 11.2. The van der Waals surface area contributed by atoms with Gasteiger partial charge in [0, 0.05) is 37.4 Å². The van der Waals surface area contributed by atoms with E-state index in [2.05, 4.69) is 6.07 Å². The van der Waals surface area contributed by atoms with E-state index >= 15 is 0 Å². The van der Waals surface area contributed by atoms with Gasteiger partial charge in [0.05, 0.1) is 38.1 Å². The van der Waals surface area contributed by atoms with Gasteiger partial charge < -0.3 is 28.2 Å². The molecule has 0 amide bonds. The third kappa shape index (κ3) is 7.56. The van der Waals surface area contributed by atoms with Crippen molar-refractivity contribution < 1.29 is 46.3 Å². The molecule has 2 aliphatic heterocycles. The Morgan fingerprint density at radius 3 is 2.02 bits per heavy atom. The summed E-state index contributed by atoms with van der Waals surface area (Å²) in [6.45, 7) is 0.933. The zero-order valence-corrected chi connectivity index (χ0v) is 26.8. The van der Waals surface area contributed by atoms with Crippen molar-refractivity contribution in [2.45, 2.75) is 43.4 Å². The number of benzene rings is 3. The number of nitrogens with zero attached hydrogens (tertiary/aromatic N) is 2. The highest BCUT2D eigenvalue weighted by molar-refractivity contribution is 7.50. The van der Waals surface area contributed by atoms with Crippen molar-refractivity contribution in [1.82, 2.24) is 4.67 Å². The first-order valence-corrected chi connectivity index (χ1v) is 18.1. The summed E-state index contributed by atoms with van der Waals surface area (Å²) in [6, 6.07) is 28.5. The first-order chi connectivity index (χ1) is 22.3. The molecule has 2 heterocycles. The van der Waals surface area contributed by atoms with Gasteiger partial charge in [-0.3, -0.25) is 9.05 Å². The Bertz CT molecular complexity index is 1530. The fourth-order valence-electron chi connectivity index (χ4n) is 5.93. The molecule has 14 heteroatoms. The topological polar surface area (TPSA) is 146 Å². The van der Waals surface area contributed by atoms with E-state index in [4.69, 9.17) is 32.3 Å². The van der Waals surface area contributed by atoms with Crippen LogP contribution in [-0.2, 0) is 38.2 Å². The van der Waals surface area contributed by atoms with E-state index < -0.39 is 45.6 Å². The van der Waals surface area contributed by atoms with Crippen molar-refractivity contribution in [3.63, 3.8) is 0 Å². The smallest absolute Gasteiger partial charge is 0.395 e. The van der Waals surface area contributed by atoms with Crippen molar-refractivity contribution in [1.29, 1.82) is 5.26 Å². The Balaban J connectivity index is 1.27. The first kappa shape index (κ1) is 32.9. The van der Waals surface area contributed by atoms with Crippen LogP contribution in [0.5, 0.6) is 11.5 Å². The quantitative estimate of drug-likeness (QED) is 0.211. The number of phosphoric acid groups is 1. The van der Waals surface area contributed by atoms with Gasteiger partial charge in [-0.2, -0.15) is 5.26 Å². The fraction of sp³-hybridized carbons (Fsp3) is 0.406. The molecule has 3 aromatic rings. The molecule has 244 valence electrons. The molecule has 6 rings (SSSR count). The lowest BCUT2D eigenvalue weighted by Crippen LogP contribution is -2.37. The van der Waals surface area contributed by atoms with Crippen LogP contribution in [0.3, 0.4) is 0 Å². The number of ether oxygens (including phenoxy) is 3. The van der Waals surface area contributed by atoms with Crippen LogP contribution in [0, 0.1) is 17.2 Å². The molecule has 0 bridgehead atoms. The molecule has 1 saturated carbocycles. The molecule has 12 nitrogen and oxygen atoms in total. The molecule has 46 heavy (non-hydrogen) atoms. The fourth-order valence-corrected chi connectivity index (χ4v) is 8.56. The maximum atomic E-state index is 14.1. The van der Waals surface area contributed by atoms with Crippen molar-refractivity contribution in [3.05, 3.63) is 96.6 Å². The van der Waals surface area contributed by atoms with Crippen LogP contribution in [0.2, 0.25) is 0 Å². The van der Waals surface area contributed by atoms with Gasteiger partial charge in [-0.15, -0.1) is 0 Å². The van der Waals surface area contributed by atoms with Gasteiger partial charge >= 0.3 is 15.6 Å². The molecule has 0 aromatic heterocycles. The molecule has 6 atom stereocenters. The van der Waals surface area contributed by atoms with Gasteiger partial charge in [-0.1, -0.05) is 66.7 Å². The summed E-state index contributed by atoms with van der Waals surface area (Å²) < 4.78 is 71.1. The van der Waals surface area contributed by atoms with Crippen molar-refractivity contribution >= 4 is 15.6 Å². The average Bonchev–Trinajstić information content (AvgIpc) is 3.61. The van der Waals surface area contributed by atoms with E-state index in [9.17, 15) is 19.3 Å². The van der Waals surface area contributed by atoms with E-state index in [0.29, 0.717) is 30.3 Å². The number of morpholine rings is 1. The third-order valence-corrected chi connectivity index (χ3v) is 11.1. The number of hydrogen-bond acceptors (Lipinski definition) is 10. The Morgan fingerprint density at radius 1 is 0.870 bits per heavy atom. The largest absolute Gasteiger partial charge is 0.587 e. The summed E-state index contributed by atoms with van der Waals surface area (Å²) in [4.78, 5) is 11.0. The lowest BCUT2D eigenvalue weighted by molar-refractivity contribution is -0.205. The van der Waals surface area contributed by atoms with Gasteiger partial charge in [-0.05, 0) is 30.7 Å². The third-order valence-electron chi connectivity index (χ3n) is 8.11. The molecule has 1 unspecified atom stereocenters. The van der Waals surface area contributed by atoms with Crippen LogP contribution >= 0.6 is 15.6 Å². The number of para-hydroxylation sites is 2. The minimum Gasteiger partial charge on any atom is -0.395 e. The van der Waals surface area contributed by atoms with E-state index in [1.807, 2.05) is 30.3 Å². The number of phosphoric ester groups is 1. The Labute approximate surface area is 267 Å². The minimum absolute atomic E-state index is 0.137. The first-order valence-electron chi connectivity index (χ1n) is 15.2. The molecule has 3 aromatic carbocycles. The molecule has 1 N–H and O–H groups in total. The highest BCUT2D eigenvalue weighted by Gasteiger charge is 2.60. The summed E-state index contributed by atoms with van der Waals surface area (Å²) in [7, 11) is -8.50. The summed E-state index contributed by atoms with van der Waals surface area (Å²) in [5, 5.41) is 9.46. The molecule has 2 saturated heterocycles. The number of hydrogen-bond donors (Lipinski definition) is 1. The molecular weight excluding hydrogens is 634 g/mol. The van der Waals surface area contributed by atoms with Gasteiger partial charge in [0.1, 0.15) is 17.6 Å². The van der Waals surface area contributed by atoms with Gasteiger partial charge in [0.25, 0.3) is 0 Å². The van der Waals surface area contributed by atoms with E-state index in [0.717, 1.165) is 0 Å².